The molecular weight excluding hydrogens is 322 g/mol. The number of anilines is 1. The van der Waals surface area contributed by atoms with Crippen LogP contribution in [0.5, 0.6) is 0 Å². The average Bonchev–Trinajstić information content (AvgIpc) is 1.99. The zero-order chi connectivity index (χ0) is 11.8. The number of ketones is 1. The number of nitrogens with two attached hydrogens (primary N) is 1. The minimum Gasteiger partial charge on any atom is -0.398 e. The third kappa shape index (κ3) is 2.61. The van der Waals surface area contributed by atoms with E-state index in [1.165, 1.54) is 6.07 Å². The van der Waals surface area contributed by atoms with Crippen LogP contribution in [0.3, 0.4) is 0 Å². The van der Waals surface area contributed by atoms with Gasteiger partial charge in [0.1, 0.15) is 0 Å². The summed E-state index contributed by atoms with van der Waals surface area (Å²) in [6.07, 6.45) is -4.56. The van der Waals surface area contributed by atoms with Gasteiger partial charge >= 0.3 is 6.18 Å². The number of benzene rings is 1. The van der Waals surface area contributed by atoms with Gasteiger partial charge in [-0.1, -0.05) is 0 Å². The highest BCUT2D eigenvalue weighted by Gasteiger charge is 2.35. The topological polar surface area (TPSA) is 43.1 Å². The summed E-state index contributed by atoms with van der Waals surface area (Å²) in [5, 5.41) is 0. The molecule has 0 aliphatic carbocycles. The Bertz CT molecular complexity index is 415. The maximum Gasteiger partial charge on any atom is 0.417 e. The maximum atomic E-state index is 12.6. The highest BCUT2D eigenvalue weighted by molar-refractivity contribution is 14.1. The molecule has 0 aliphatic rings. The Balaban J connectivity index is 3.54. The minimum atomic E-state index is -4.56. The molecule has 2 N–H and O–H groups in total. The lowest BCUT2D eigenvalue weighted by Crippen LogP contribution is -2.14. The zero-order valence-corrected chi connectivity index (χ0v) is 9.81. The zero-order valence-electron chi connectivity index (χ0n) is 7.65. The van der Waals surface area contributed by atoms with E-state index in [9.17, 15) is 18.0 Å². The first-order valence-corrected chi connectivity index (χ1v) is 4.98. The van der Waals surface area contributed by atoms with Gasteiger partial charge in [-0.05, 0) is 41.6 Å². The summed E-state index contributed by atoms with van der Waals surface area (Å²) < 4.78 is 38.0. The predicted molar refractivity (Wildman–Crippen MR) is 58.6 cm³/mol. The smallest absolute Gasteiger partial charge is 0.398 e. The number of carbonyl (C=O) groups excluding carboxylic acids is 1. The largest absolute Gasteiger partial charge is 0.417 e. The van der Waals surface area contributed by atoms with Gasteiger partial charge in [0.25, 0.3) is 0 Å². The molecule has 0 atom stereocenters. The first kappa shape index (κ1) is 12.3. The first-order valence-electron chi connectivity index (χ1n) is 3.90. The number of hydrogen-bond acceptors (Lipinski definition) is 2. The van der Waals surface area contributed by atoms with Crippen molar-refractivity contribution in [2.45, 2.75) is 13.1 Å². The van der Waals surface area contributed by atoms with Crippen LogP contribution in [0.15, 0.2) is 12.1 Å². The van der Waals surface area contributed by atoms with Crippen molar-refractivity contribution in [1.29, 1.82) is 0 Å². The van der Waals surface area contributed by atoms with Gasteiger partial charge in [-0.3, -0.25) is 4.79 Å². The fraction of sp³-hybridized carbons (Fsp3) is 0.222. The van der Waals surface area contributed by atoms with Crippen molar-refractivity contribution in [1.82, 2.24) is 0 Å². The number of carbonyl (C=O) groups is 1. The molecule has 82 valence electrons. The summed E-state index contributed by atoms with van der Waals surface area (Å²) in [5.41, 5.74) is 3.83. The Morgan fingerprint density at radius 1 is 1.40 bits per heavy atom. The second kappa shape index (κ2) is 3.99. The molecule has 0 saturated heterocycles. The standard InChI is InChI=1S/C9H7F3INO/c1-4(15)8-6(9(10,11)12)2-5(13)3-7(8)14/h2-3H,14H2,1H3. The van der Waals surface area contributed by atoms with E-state index in [2.05, 4.69) is 0 Å². The Morgan fingerprint density at radius 2 is 1.93 bits per heavy atom. The molecule has 0 saturated carbocycles. The Labute approximate surface area is 97.8 Å². The van der Waals surface area contributed by atoms with E-state index in [4.69, 9.17) is 5.73 Å². The molecule has 0 fully saturated rings. The van der Waals surface area contributed by atoms with Crippen molar-refractivity contribution in [3.63, 3.8) is 0 Å². The Morgan fingerprint density at radius 3 is 2.33 bits per heavy atom. The van der Waals surface area contributed by atoms with Crippen LogP contribution in [-0.2, 0) is 6.18 Å². The quantitative estimate of drug-likeness (QED) is 0.489. The molecule has 0 spiro atoms. The number of hydrogen-bond donors (Lipinski definition) is 1. The van der Waals surface area contributed by atoms with E-state index >= 15 is 0 Å². The van der Waals surface area contributed by atoms with Gasteiger partial charge < -0.3 is 5.73 Å². The molecule has 15 heavy (non-hydrogen) atoms. The molecule has 1 aromatic carbocycles. The number of Topliss-reactive ketones (excluding diaryl/α,β-unsaturated/α-hetero) is 1. The molecular formula is C9H7F3INO. The van der Waals surface area contributed by atoms with Crippen LogP contribution in [0.25, 0.3) is 0 Å². The molecule has 1 aromatic rings. The monoisotopic (exact) mass is 329 g/mol. The van der Waals surface area contributed by atoms with Crippen LogP contribution in [0.4, 0.5) is 18.9 Å². The third-order valence-corrected chi connectivity index (χ3v) is 2.41. The van der Waals surface area contributed by atoms with Crippen molar-refractivity contribution in [2.24, 2.45) is 0 Å². The highest BCUT2D eigenvalue weighted by atomic mass is 127. The summed E-state index contributed by atoms with van der Waals surface area (Å²) in [5.74, 6) is -0.684. The van der Waals surface area contributed by atoms with Gasteiger partial charge in [0, 0.05) is 9.26 Å². The fourth-order valence-electron chi connectivity index (χ4n) is 1.24. The summed E-state index contributed by atoms with van der Waals surface area (Å²) in [6.45, 7) is 1.06. The summed E-state index contributed by atoms with van der Waals surface area (Å²) >= 11 is 1.72. The predicted octanol–water partition coefficient (Wildman–Crippen LogP) is 3.09. The third-order valence-electron chi connectivity index (χ3n) is 1.79. The molecule has 0 aliphatic heterocycles. The van der Waals surface area contributed by atoms with E-state index in [0.29, 0.717) is 3.57 Å². The second-order valence-corrected chi connectivity index (χ2v) is 4.22. The van der Waals surface area contributed by atoms with Gasteiger partial charge in [-0.15, -0.1) is 0 Å². The molecule has 0 bridgehead atoms. The van der Waals surface area contributed by atoms with E-state index in [1.54, 1.807) is 22.6 Å². The van der Waals surface area contributed by atoms with Crippen molar-refractivity contribution >= 4 is 34.1 Å². The second-order valence-electron chi connectivity index (χ2n) is 2.97. The van der Waals surface area contributed by atoms with Crippen LogP contribution < -0.4 is 5.73 Å². The van der Waals surface area contributed by atoms with Crippen molar-refractivity contribution < 1.29 is 18.0 Å². The number of halogens is 4. The summed E-state index contributed by atoms with van der Waals surface area (Å²) in [7, 11) is 0. The average molecular weight is 329 g/mol. The number of rotatable bonds is 1. The number of nitrogen functional groups attached to an aromatic ring is 1. The molecule has 6 heteroatoms. The van der Waals surface area contributed by atoms with E-state index in [0.717, 1.165) is 13.0 Å². The minimum absolute atomic E-state index is 0.137. The van der Waals surface area contributed by atoms with Crippen molar-refractivity contribution in [3.8, 4) is 0 Å². The van der Waals surface area contributed by atoms with Crippen LogP contribution in [-0.4, -0.2) is 5.78 Å². The van der Waals surface area contributed by atoms with Gasteiger partial charge in [0.2, 0.25) is 0 Å². The van der Waals surface area contributed by atoms with Crippen molar-refractivity contribution in [2.75, 3.05) is 5.73 Å². The van der Waals surface area contributed by atoms with Crippen LogP contribution >= 0.6 is 22.6 Å². The lowest BCUT2D eigenvalue weighted by atomic mass is 10.0. The SMILES string of the molecule is CC(=O)c1c(N)cc(I)cc1C(F)(F)F. The molecule has 2 nitrogen and oxygen atoms in total. The Hall–Kier alpha value is -0.790. The molecule has 1 rings (SSSR count). The van der Waals surface area contributed by atoms with E-state index < -0.39 is 23.1 Å². The fourth-order valence-corrected chi connectivity index (χ4v) is 1.89. The molecule has 0 unspecified atom stereocenters. The van der Waals surface area contributed by atoms with E-state index in [-0.39, 0.29) is 5.69 Å². The number of alkyl halides is 3. The molecule has 0 aromatic heterocycles. The first-order chi connectivity index (χ1) is 6.73. The van der Waals surface area contributed by atoms with E-state index in [1.807, 2.05) is 0 Å². The van der Waals surface area contributed by atoms with Gasteiger partial charge in [-0.25, -0.2) is 0 Å². The Kier molecular flexibility index (Phi) is 3.27. The van der Waals surface area contributed by atoms with Crippen LogP contribution in [0.2, 0.25) is 0 Å². The van der Waals surface area contributed by atoms with Gasteiger partial charge in [-0.2, -0.15) is 13.2 Å². The molecule has 0 radical (unpaired) electrons. The lowest BCUT2D eigenvalue weighted by Gasteiger charge is -2.13. The van der Waals surface area contributed by atoms with Crippen molar-refractivity contribution in [3.05, 3.63) is 26.8 Å². The highest BCUT2D eigenvalue weighted by Crippen LogP contribution is 2.35. The van der Waals surface area contributed by atoms with Crippen LogP contribution in [0, 0.1) is 3.57 Å². The lowest BCUT2D eigenvalue weighted by molar-refractivity contribution is -0.137. The summed E-state index contributed by atoms with van der Waals surface area (Å²) in [4.78, 5) is 11.1. The van der Waals surface area contributed by atoms with Crippen LogP contribution in [0.1, 0.15) is 22.8 Å². The van der Waals surface area contributed by atoms with Gasteiger partial charge in [0.15, 0.2) is 5.78 Å². The molecule has 0 heterocycles. The molecule has 0 amide bonds. The summed E-state index contributed by atoms with van der Waals surface area (Å²) in [6, 6.07) is 2.25. The maximum absolute atomic E-state index is 12.6. The normalized spacial score (nSPS) is 11.5. The van der Waals surface area contributed by atoms with Gasteiger partial charge in [0.05, 0.1) is 11.1 Å².